The summed E-state index contributed by atoms with van der Waals surface area (Å²) in [4.78, 5) is 21.9. The second-order valence-electron chi connectivity index (χ2n) is 7.23. The van der Waals surface area contributed by atoms with Crippen LogP contribution >= 0.6 is 22.9 Å². The molecule has 2 aliphatic rings. The van der Waals surface area contributed by atoms with E-state index in [0.29, 0.717) is 23.5 Å². The van der Waals surface area contributed by atoms with E-state index in [-0.39, 0.29) is 5.91 Å². The minimum atomic E-state index is 0.232. The first kappa shape index (κ1) is 18.0. The van der Waals surface area contributed by atoms with Crippen molar-refractivity contribution in [3.63, 3.8) is 0 Å². The number of nitrogens with one attached hydrogen (secondary N) is 1. The van der Waals surface area contributed by atoms with E-state index in [0.717, 1.165) is 48.9 Å². The van der Waals surface area contributed by atoms with Crippen LogP contribution in [0.25, 0.3) is 0 Å². The highest BCUT2D eigenvalue weighted by Gasteiger charge is 2.25. The fraction of sp³-hybridized carbons (Fsp3) is 0.765. The quantitative estimate of drug-likeness (QED) is 0.801. The van der Waals surface area contributed by atoms with Gasteiger partial charge in [-0.25, -0.2) is 4.98 Å². The summed E-state index contributed by atoms with van der Waals surface area (Å²) in [6.07, 6.45) is 6.41. The third-order valence-corrected chi connectivity index (χ3v) is 6.35. The summed E-state index contributed by atoms with van der Waals surface area (Å²) in [5.41, 5.74) is 0. The first-order valence-corrected chi connectivity index (χ1v) is 10.0. The van der Waals surface area contributed by atoms with Gasteiger partial charge in [-0.05, 0) is 44.6 Å². The smallest absolute Gasteiger partial charge is 0.220 e. The van der Waals surface area contributed by atoms with Gasteiger partial charge in [-0.3, -0.25) is 9.69 Å². The molecule has 1 saturated heterocycles. The van der Waals surface area contributed by atoms with E-state index < -0.39 is 0 Å². The standard InChI is InChI=1S/C17H27ClN4OS/c1-21(2)17-20-16(18)14(24-17)11-22-9-3-4-12(10-22)5-8-15(23)19-13-6-7-13/h12-13H,3-11H2,1-2H3,(H,19,23)/t12-/m0/s1. The fourth-order valence-electron chi connectivity index (χ4n) is 3.21. The largest absolute Gasteiger partial charge is 0.354 e. The number of thiazole rings is 1. The topological polar surface area (TPSA) is 48.5 Å². The minimum Gasteiger partial charge on any atom is -0.354 e. The Morgan fingerprint density at radius 3 is 2.88 bits per heavy atom. The van der Waals surface area contributed by atoms with E-state index >= 15 is 0 Å². The van der Waals surface area contributed by atoms with Crippen LogP contribution in [-0.4, -0.2) is 49.0 Å². The number of hydrogen-bond acceptors (Lipinski definition) is 5. The molecule has 3 rings (SSSR count). The molecule has 1 saturated carbocycles. The number of carbonyl (C=O) groups excluding carboxylic acids is 1. The average Bonchev–Trinajstić information content (AvgIpc) is 3.28. The molecule has 1 aliphatic carbocycles. The Hall–Kier alpha value is -0.850. The van der Waals surface area contributed by atoms with Gasteiger partial charge >= 0.3 is 0 Å². The van der Waals surface area contributed by atoms with Crippen LogP contribution in [0.4, 0.5) is 5.13 Å². The van der Waals surface area contributed by atoms with Gasteiger partial charge in [0.15, 0.2) is 5.13 Å². The molecule has 2 heterocycles. The van der Waals surface area contributed by atoms with Crippen molar-refractivity contribution < 1.29 is 4.79 Å². The predicted octanol–water partition coefficient (Wildman–Crippen LogP) is 3.13. The monoisotopic (exact) mass is 370 g/mol. The van der Waals surface area contributed by atoms with Crippen molar-refractivity contribution in [2.75, 3.05) is 32.1 Å². The number of halogens is 1. The van der Waals surface area contributed by atoms with Crippen molar-refractivity contribution in [2.45, 2.75) is 51.1 Å². The van der Waals surface area contributed by atoms with E-state index in [9.17, 15) is 4.79 Å². The number of anilines is 1. The fourth-order valence-corrected chi connectivity index (χ4v) is 4.43. The van der Waals surface area contributed by atoms with E-state index in [4.69, 9.17) is 11.6 Å². The molecule has 1 aliphatic heterocycles. The number of aromatic nitrogens is 1. The maximum Gasteiger partial charge on any atom is 0.220 e. The van der Waals surface area contributed by atoms with Crippen LogP contribution in [0.3, 0.4) is 0 Å². The van der Waals surface area contributed by atoms with Gasteiger partial charge in [0.2, 0.25) is 5.91 Å². The molecule has 5 nitrogen and oxygen atoms in total. The highest BCUT2D eigenvalue weighted by atomic mass is 35.5. The van der Waals surface area contributed by atoms with Crippen molar-refractivity contribution >= 4 is 34.0 Å². The molecule has 0 aromatic carbocycles. The summed E-state index contributed by atoms with van der Waals surface area (Å²) in [5.74, 6) is 0.847. The van der Waals surface area contributed by atoms with Crippen molar-refractivity contribution in [3.8, 4) is 0 Å². The lowest BCUT2D eigenvalue weighted by Gasteiger charge is -2.32. The molecule has 1 aromatic heterocycles. The first-order valence-electron chi connectivity index (χ1n) is 8.85. The highest BCUT2D eigenvalue weighted by Crippen LogP contribution is 2.31. The molecule has 134 valence electrons. The van der Waals surface area contributed by atoms with Crippen LogP contribution in [0.2, 0.25) is 5.15 Å². The van der Waals surface area contributed by atoms with Gasteiger partial charge in [0.1, 0.15) is 5.15 Å². The van der Waals surface area contributed by atoms with Crippen LogP contribution in [0.5, 0.6) is 0 Å². The second-order valence-corrected chi connectivity index (χ2v) is 8.65. The van der Waals surface area contributed by atoms with Gasteiger partial charge in [-0.15, -0.1) is 0 Å². The van der Waals surface area contributed by atoms with Crippen LogP contribution in [-0.2, 0) is 11.3 Å². The summed E-state index contributed by atoms with van der Waals surface area (Å²) in [5, 5.41) is 4.68. The molecule has 1 N–H and O–H groups in total. The molecule has 1 atom stereocenters. The van der Waals surface area contributed by atoms with Gasteiger partial charge in [-0.2, -0.15) is 0 Å². The number of likely N-dealkylation sites (tertiary alicyclic amines) is 1. The molecular formula is C17H27ClN4OS. The summed E-state index contributed by atoms with van der Waals surface area (Å²) >= 11 is 7.97. The Morgan fingerprint density at radius 1 is 1.42 bits per heavy atom. The molecule has 7 heteroatoms. The van der Waals surface area contributed by atoms with Crippen molar-refractivity contribution in [2.24, 2.45) is 5.92 Å². The zero-order valence-electron chi connectivity index (χ0n) is 14.6. The van der Waals surface area contributed by atoms with Crippen LogP contribution < -0.4 is 10.2 Å². The summed E-state index contributed by atoms with van der Waals surface area (Å²) in [6.45, 7) is 3.04. The molecule has 0 radical (unpaired) electrons. The van der Waals surface area contributed by atoms with E-state index in [2.05, 4.69) is 15.2 Å². The Labute approximate surface area is 153 Å². The lowest BCUT2D eigenvalue weighted by Crippen LogP contribution is -2.35. The van der Waals surface area contributed by atoms with Crippen molar-refractivity contribution in [3.05, 3.63) is 10.0 Å². The molecule has 0 bridgehead atoms. The lowest BCUT2D eigenvalue weighted by molar-refractivity contribution is -0.121. The first-order chi connectivity index (χ1) is 11.5. The number of amides is 1. The summed E-state index contributed by atoms with van der Waals surface area (Å²) in [7, 11) is 3.98. The maximum atomic E-state index is 11.9. The van der Waals surface area contributed by atoms with Crippen LogP contribution in [0.15, 0.2) is 0 Å². The van der Waals surface area contributed by atoms with Gasteiger partial charge in [0.05, 0.1) is 4.88 Å². The maximum absolute atomic E-state index is 11.9. The average molecular weight is 371 g/mol. The van der Waals surface area contributed by atoms with Gasteiger partial charge < -0.3 is 10.2 Å². The number of rotatable bonds is 7. The summed E-state index contributed by atoms with van der Waals surface area (Å²) < 4.78 is 0. The predicted molar refractivity (Wildman–Crippen MR) is 99.9 cm³/mol. The zero-order valence-corrected chi connectivity index (χ0v) is 16.1. The molecule has 0 unspecified atom stereocenters. The summed E-state index contributed by atoms with van der Waals surface area (Å²) in [6, 6.07) is 0.472. The number of nitrogens with zero attached hydrogens (tertiary/aromatic N) is 3. The molecule has 1 amide bonds. The second kappa shape index (κ2) is 8.02. The number of piperidine rings is 1. The Bertz CT molecular complexity index is 573. The lowest BCUT2D eigenvalue weighted by atomic mass is 9.93. The van der Waals surface area contributed by atoms with Crippen molar-refractivity contribution in [1.82, 2.24) is 15.2 Å². The Balaban J connectivity index is 1.47. The minimum absolute atomic E-state index is 0.232. The SMILES string of the molecule is CN(C)c1nc(Cl)c(CN2CCC[C@@H](CCC(=O)NC3CC3)C2)s1. The number of carbonyl (C=O) groups is 1. The zero-order chi connectivity index (χ0) is 17.1. The van der Waals surface area contributed by atoms with Gasteiger partial charge in [0, 0.05) is 39.6 Å². The Kier molecular flexibility index (Phi) is 6.00. The molecule has 1 aromatic rings. The van der Waals surface area contributed by atoms with Crippen LogP contribution in [0.1, 0.15) is 43.4 Å². The van der Waals surface area contributed by atoms with Gasteiger partial charge in [-0.1, -0.05) is 22.9 Å². The molecule has 0 spiro atoms. The normalized spacial score (nSPS) is 21.7. The third kappa shape index (κ3) is 5.07. The van der Waals surface area contributed by atoms with E-state index in [1.807, 2.05) is 19.0 Å². The van der Waals surface area contributed by atoms with E-state index in [1.54, 1.807) is 11.3 Å². The molecule has 24 heavy (non-hydrogen) atoms. The van der Waals surface area contributed by atoms with Crippen molar-refractivity contribution in [1.29, 1.82) is 0 Å². The Morgan fingerprint density at radius 2 is 2.21 bits per heavy atom. The van der Waals surface area contributed by atoms with Crippen LogP contribution in [0, 0.1) is 5.92 Å². The third-order valence-electron chi connectivity index (χ3n) is 4.71. The van der Waals surface area contributed by atoms with E-state index in [1.165, 1.54) is 12.8 Å². The molecular weight excluding hydrogens is 344 g/mol. The number of hydrogen-bond donors (Lipinski definition) is 1. The van der Waals surface area contributed by atoms with Gasteiger partial charge in [0.25, 0.3) is 0 Å². The highest BCUT2D eigenvalue weighted by molar-refractivity contribution is 7.16. The molecule has 2 fully saturated rings.